The van der Waals surface area contributed by atoms with Crippen LogP contribution in [0.2, 0.25) is 0 Å². The molecule has 0 bridgehead atoms. The third-order valence-corrected chi connectivity index (χ3v) is 6.56. The Morgan fingerprint density at radius 1 is 0.920 bits per heavy atom. The average Bonchev–Trinajstić information content (AvgIpc) is 2.64. The predicted molar refractivity (Wildman–Crippen MR) is 106 cm³/mol. The van der Waals surface area contributed by atoms with E-state index in [2.05, 4.69) is 13.8 Å². The van der Waals surface area contributed by atoms with Gasteiger partial charge in [0.25, 0.3) is 0 Å². The maximum atomic E-state index is 14.2. The van der Waals surface area contributed by atoms with Crippen LogP contribution >= 0.6 is 8.58 Å². The third kappa shape index (κ3) is 3.60. The smallest absolute Gasteiger partial charge is 0.130 e. The third-order valence-electron chi connectivity index (χ3n) is 4.71. The zero-order chi connectivity index (χ0) is 17.9. The summed E-state index contributed by atoms with van der Waals surface area (Å²) in [5, 5.41) is 11.3. The number of phenols is 1. The molecule has 3 aromatic rings. The van der Waals surface area contributed by atoms with Gasteiger partial charge in [-0.05, 0) is 18.1 Å². The SMILES string of the molecule is CCC(C)(Pc1ccccc1F)c1cccc(-c2ccccc2)c1O. The first-order valence-electron chi connectivity index (χ1n) is 8.46. The van der Waals surface area contributed by atoms with E-state index in [-0.39, 0.29) is 19.6 Å². The molecule has 0 fully saturated rings. The molecule has 0 aliphatic rings. The van der Waals surface area contributed by atoms with E-state index in [0.717, 1.165) is 23.1 Å². The predicted octanol–water partition coefficient (Wildman–Crippen LogP) is 5.83. The monoisotopic (exact) mass is 352 g/mol. The summed E-state index contributed by atoms with van der Waals surface area (Å²) in [5.74, 6) is 0.112. The lowest BCUT2D eigenvalue weighted by atomic mass is 9.92. The quantitative estimate of drug-likeness (QED) is 0.573. The molecule has 0 amide bonds. The van der Waals surface area contributed by atoms with Crippen molar-refractivity contribution in [2.24, 2.45) is 0 Å². The lowest BCUT2D eigenvalue weighted by Gasteiger charge is -2.30. The van der Waals surface area contributed by atoms with E-state index in [9.17, 15) is 9.50 Å². The number of aromatic hydroxyl groups is 1. The molecule has 128 valence electrons. The number of phenolic OH excluding ortho intramolecular Hbond substituents is 1. The van der Waals surface area contributed by atoms with Crippen molar-refractivity contribution in [3.8, 4) is 16.9 Å². The van der Waals surface area contributed by atoms with Crippen molar-refractivity contribution >= 4 is 13.9 Å². The Balaban J connectivity index is 2.05. The maximum Gasteiger partial charge on any atom is 0.130 e. The maximum absolute atomic E-state index is 14.2. The molecule has 2 atom stereocenters. The first kappa shape index (κ1) is 17.6. The molecule has 3 heteroatoms. The summed E-state index contributed by atoms with van der Waals surface area (Å²) in [4.78, 5) is 0. The zero-order valence-electron chi connectivity index (χ0n) is 14.5. The second-order valence-electron chi connectivity index (χ2n) is 6.36. The minimum absolute atomic E-state index is 0.181. The summed E-state index contributed by atoms with van der Waals surface area (Å²) in [6.45, 7) is 4.18. The van der Waals surface area contributed by atoms with Crippen molar-refractivity contribution in [1.82, 2.24) is 0 Å². The van der Waals surface area contributed by atoms with Crippen LogP contribution in [0.1, 0.15) is 25.8 Å². The molecule has 1 nitrogen and oxygen atoms in total. The fourth-order valence-corrected chi connectivity index (χ4v) is 4.54. The van der Waals surface area contributed by atoms with E-state index >= 15 is 0 Å². The molecule has 3 rings (SSSR count). The molecule has 0 aliphatic heterocycles. The Labute approximate surface area is 150 Å². The number of hydrogen-bond acceptors (Lipinski definition) is 1. The van der Waals surface area contributed by atoms with E-state index in [0.29, 0.717) is 11.1 Å². The van der Waals surface area contributed by atoms with Gasteiger partial charge in [0.05, 0.1) is 0 Å². The van der Waals surface area contributed by atoms with Gasteiger partial charge >= 0.3 is 0 Å². The molecule has 0 radical (unpaired) electrons. The van der Waals surface area contributed by atoms with Crippen LogP contribution in [0.3, 0.4) is 0 Å². The molecule has 0 saturated carbocycles. The summed E-state index contributed by atoms with van der Waals surface area (Å²) in [7, 11) is 0.240. The summed E-state index contributed by atoms with van der Waals surface area (Å²) < 4.78 is 14.2. The van der Waals surface area contributed by atoms with Crippen LogP contribution in [-0.4, -0.2) is 5.11 Å². The van der Waals surface area contributed by atoms with Gasteiger partial charge in [0.2, 0.25) is 0 Å². The minimum atomic E-state index is -0.322. The average molecular weight is 352 g/mol. The molecule has 1 N–H and O–H groups in total. The Morgan fingerprint density at radius 3 is 2.28 bits per heavy atom. The normalized spacial score (nSPS) is 13.9. The lowest BCUT2D eigenvalue weighted by Crippen LogP contribution is -2.20. The molecule has 0 saturated heterocycles. The van der Waals surface area contributed by atoms with Crippen LogP contribution in [0.15, 0.2) is 72.8 Å². The van der Waals surface area contributed by atoms with E-state index in [1.165, 1.54) is 6.07 Å². The Kier molecular flexibility index (Phi) is 5.20. The Hall–Kier alpha value is -2.18. The summed E-state index contributed by atoms with van der Waals surface area (Å²) >= 11 is 0. The van der Waals surface area contributed by atoms with Crippen LogP contribution in [-0.2, 0) is 5.16 Å². The first-order chi connectivity index (χ1) is 12.0. The number of halogens is 1. The molecular formula is C22H22FOP. The van der Waals surface area contributed by atoms with Crippen molar-refractivity contribution in [2.75, 3.05) is 0 Å². The number of hydrogen-bond donors (Lipinski definition) is 1. The van der Waals surface area contributed by atoms with Crippen molar-refractivity contribution in [3.05, 3.63) is 84.2 Å². The topological polar surface area (TPSA) is 20.2 Å². The minimum Gasteiger partial charge on any atom is -0.507 e. The van der Waals surface area contributed by atoms with Crippen molar-refractivity contribution < 1.29 is 9.50 Å². The Morgan fingerprint density at radius 2 is 1.60 bits per heavy atom. The second kappa shape index (κ2) is 7.37. The van der Waals surface area contributed by atoms with Crippen LogP contribution in [0.5, 0.6) is 5.75 Å². The summed E-state index contributed by atoms with van der Waals surface area (Å²) in [6, 6.07) is 22.6. The zero-order valence-corrected chi connectivity index (χ0v) is 15.5. The van der Waals surface area contributed by atoms with Crippen LogP contribution in [0, 0.1) is 5.82 Å². The highest BCUT2D eigenvalue weighted by Crippen LogP contribution is 2.49. The van der Waals surface area contributed by atoms with Crippen molar-refractivity contribution in [2.45, 2.75) is 25.4 Å². The largest absolute Gasteiger partial charge is 0.507 e. The highest BCUT2D eigenvalue weighted by Gasteiger charge is 2.30. The number of rotatable bonds is 5. The lowest BCUT2D eigenvalue weighted by molar-refractivity contribution is 0.458. The fraction of sp³-hybridized carbons (Fsp3) is 0.182. The molecular weight excluding hydrogens is 330 g/mol. The van der Waals surface area contributed by atoms with Gasteiger partial charge in [-0.25, -0.2) is 4.39 Å². The summed E-state index contributed by atoms with van der Waals surface area (Å²) in [6.07, 6.45) is 0.811. The molecule has 3 aromatic carbocycles. The van der Waals surface area contributed by atoms with E-state index in [4.69, 9.17) is 0 Å². The number of para-hydroxylation sites is 1. The van der Waals surface area contributed by atoms with Gasteiger partial charge in [-0.15, -0.1) is 0 Å². The van der Waals surface area contributed by atoms with Gasteiger partial charge in [-0.2, -0.15) is 0 Å². The van der Waals surface area contributed by atoms with Crippen molar-refractivity contribution in [1.29, 1.82) is 0 Å². The highest BCUT2D eigenvalue weighted by atomic mass is 31.1. The van der Waals surface area contributed by atoms with Crippen LogP contribution < -0.4 is 5.30 Å². The van der Waals surface area contributed by atoms with Gasteiger partial charge in [-0.1, -0.05) is 89.2 Å². The van der Waals surface area contributed by atoms with Gasteiger partial charge in [-0.3, -0.25) is 0 Å². The standard InChI is InChI=1S/C22H22FOP/c1-3-22(2,25-20-15-8-7-14-19(20)23)18-13-9-12-17(21(18)24)16-10-5-4-6-11-16/h4-15,24-25H,3H2,1-2H3. The van der Waals surface area contributed by atoms with Gasteiger partial charge in [0.15, 0.2) is 0 Å². The van der Waals surface area contributed by atoms with Gasteiger partial charge in [0.1, 0.15) is 11.6 Å². The summed E-state index contributed by atoms with van der Waals surface area (Å²) in [5.41, 5.74) is 2.67. The Bertz CT molecular complexity index is 863. The molecule has 0 heterocycles. The molecule has 0 spiro atoms. The van der Waals surface area contributed by atoms with Crippen LogP contribution in [0.4, 0.5) is 4.39 Å². The molecule has 2 unspecified atom stereocenters. The first-order valence-corrected chi connectivity index (χ1v) is 9.46. The molecule has 0 aliphatic carbocycles. The highest BCUT2D eigenvalue weighted by molar-refractivity contribution is 7.48. The van der Waals surface area contributed by atoms with Crippen LogP contribution in [0.25, 0.3) is 11.1 Å². The van der Waals surface area contributed by atoms with E-state index in [1.807, 2.05) is 60.7 Å². The molecule has 25 heavy (non-hydrogen) atoms. The fourth-order valence-electron chi connectivity index (χ4n) is 3.05. The van der Waals surface area contributed by atoms with Gasteiger partial charge < -0.3 is 5.11 Å². The van der Waals surface area contributed by atoms with Crippen molar-refractivity contribution in [3.63, 3.8) is 0 Å². The molecule has 0 aromatic heterocycles. The second-order valence-corrected chi connectivity index (χ2v) is 8.25. The van der Waals surface area contributed by atoms with E-state index in [1.54, 1.807) is 6.07 Å². The van der Waals surface area contributed by atoms with Gasteiger partial charge in [0, 0.05) is 21.6 Å². The van der Waals surface area contributed by atoms with E-state index < -0.39 is 0 Å². The number of benzene rings is 3.